The molecule has 106 valence electrons. The van der Waals surface area contributed by atoms with E-state index >= 15 is 0 Å². The number of nitrogens with two attached hydrogens (primary N) is 1. The maximum Gasteiger partial charge on any atom is 0.170 e. The summed E-state index contributed by atoms with van der Waals surface area (Å²) in [5, 5.41) is 0. The number of hydrogen-bond donors (Lipinski definition) is 1. The summed E-state index contributed by atoms with van der Waals surface area (Å²) in [5.74, 6) is -0.333. The second kappa shape index (κ2) is 5.87. The summed E-state index contributed by atoms with van der Waals surface area (Å²) in [6.45, 7) is 5.96. The first-order valence-corrected chi connectivity index (χ1v) is 7.37. The summed E-state index contributed by atoms with van der Waals surface area (Å²) in [5.41, 5.74) is 6.33. The molecule has 1 saturated heterocycles. The van der Waals surface area contributed by atoms with Crippen LogP contribution in [0, 0.1) is 0 Å². The van der Waals surface area contributed by atoms with Crippen LogP contribution in [-0.4, -0.2) is 49.1 Å². The number of hydrogen-bond acceptors (Lipinski definition) is 4. The molecule has 2 N–H and O–H groups in total. The molecule has 0 aromatic carbocycles. The van der Waals surface area contributed by atoms with Crippen molar-refractivity contribution in [3.63, 3.8) is 0 Å². The van der Waals surface area contributed by atoms with Gasteiger partial charge in [0.1, 0.15) is 0 Å². The van der Waals surface area contributed by atoms with Crippen molar-refractivity contribution >= 4 is 0 Å². The fourth-order valence-electron chi connectivity index (χ4n) is 3.49. The fraction of sp³-hybridized carbons (Fsp3) is 1.00. The third-order valence-electron chi connectivity index (χ3n) is 4.73. The highest BCUT2D eigenvalue weighted by atomic mass is 16.7. The summed E-state index contributed by atoms with van der Waals surface area (Å²) >= 11 is 0. The molecule has 2 atom stereocenters. The van der Waals surface area contributed by atoms with Crippen molar-refractivity contribution in [2.45, 2.75) is 69.9 Å². The largest absolute Gasteiger partial charge is 0.347 e. The van der Waals surface area contributed by atoms with Crippen molar-refractivity contribution in [1.29, 1.82) is 0 Å². The maximum atomic E-state index is 6.33. The SMILES string of the molecule is CCC(CC)N(C)C1CC2(CCC1N)OCCO2. The van der Waals surface area contributed by atoms with Crippen LogP contribution >= 0.6 is 0 Å². The monoisotopic (exact) mass is 256 g/mol. The summed E-state index contributed by atoms with van der Waals surface area (Å²) in [7, 11) is 2.20. The van der Waals surface area contributed by atoms with E-state index in [4.69, 9.17) is 15.2 Å². The summed E-state index contributed by atoms with van der Waals surface area (Å²) in [6.07, 6.45) is 5.20. The molecule has 0 bridgehead atoms. The lowest BCUT2D eigenvalue weighted by Crippen LogP contribution is -2.57. The first kappa shape index (κ1) is 14.3. The molecule has 0 aromatic heterocycles. The van der Waals surface area contributed by atoms with E-state index in [1.165, 1.54) is 12.8 Å². The number of rotatable bonds is 4. The molecular weight excluding hydrogens is 228 g/mol. The van der Waals surface area contributed by atoms with Gasteiger partial charge >= 0.3 is 0 Å². The van der Waals surface area contributed by atoms with Gasteiger partial charge in [0, 0.05) is 31.0 Å². The fourth-order valence-corrected chi connectivity index (χ4v) is 3.49. The summed E-state index contributed by atoms with van der Waals surface area (Å²) < 4.78 is 11.7. The van der Waals surface area contributed by atoms with Crippen LogP contribution in [0.2, 0.25) is 0 Å². The van der Waals surface area contributed by atoms with E-state index in [1.807, 2.05) is 0 Å². The highest BCUT2D eigenvalue weighted by Gasteiger charge is 2.45. The van der Waals surface area contributed by atoms with Crippen LogP contribution in [0.5, 0.6) is 0 Å². The standard InChI is InChI=1S/C14H28N2O2/c1-4-11(5-2)16(3)13-10-14(7-6-12(13)15)17-8-9-18-14/h11-13H,4-10,15H2,1-3H3. The smallest absolute Gasteiger partial charge is 0.170 e. The Kier molecular flexibility index (Phi) is 4.64. The van der Waals surface area contributed by atoms with Crippen molar-refractivity contribution in [2.24, 2.45) is 5.73 Å². The van der Waals surface area contributed by atoms with E-state index in [2.05, 4.69) is 25.8 Å². The van der Waals surface area contributed by atoms with E-state index in [0.29, 0.717) is 12.1 Å². The van der Waals surface area contributed by atoms with Gasteiger partial charge in [0.15, 0.2) is 5.79 Å². The number of ether oxygens (including phenoxy) is 2. The van der Waals surface area contributed by atoms with Gasteiger partial charge in [-0.15, -0.1) is 0 Å². The minimum atomic E-state index is -0.333. The van der Waals surface area contributed by atoms with Crippen LogP contribution in [0.15, 0.2) is 0 Å². The predicted molar refractivity (Wildman–Crippen MR) is 72.4 cm³/mol. The van der Waals surface area contributed by atoms with Crippen molar-refractivity contribution in [1.82, 2.24) is 4.90 Å². The van der Waals surface area contributed by atoms with Gasteiger partial charge in [-0.1, -0.05) is 13.8 Å². The lowest BCUT2D eigenvalue weighted by atomic mass is 9.84. The van der Waals surface area contributed by atoms with Gasteiger partial charge in [-0.3, -0.25) is 4.90 Å². The molecule has 1 aliphatic heterocycles. The van der Waals surface area contributed by atoms with Crippen LogP contribution in [0.3, 0.4) is 0 Å². The molecule has 1 spiro atoms. The molecule has 0 aromatic rings. The Bertz CT molecular complexity index is 263. The molecule has 0 amide bonds. The topological polar surface area (TPSA) is 47.7 Å². The Balaban J connectivity index is 2.04. The zero-order chi connectivity index (χ0) is 13.2. The zero-order valence-electron chi connectivity index (χ0n) is 12.0. The molecule has 2 rings (SSSR count). The van der Waals surface area contributed by atoms with E-state index < -0.39 is 0 Å². The Morgan fingerprint density at radius 1 is 1.28 bits per heavy atom. The average Bonchev–Trinajstić information content (AvgIpc) is 2.82. The van der Waals surface area contributed by atoms with Gasteiger partial charge in [0.2, 0.25) is 0 Å². The molecule has 1 heterocycles. The Morgan fingerprint density at radius 3 is 2.44 bits per heavy atom. The lowest BCUT2D eigenvalue weighted by Gasteiger charge is -2.45. The first-order valence-electron chi connectivity index (χ1n) is 7.37. The quantitative estimate of drug-likeness (QED) is 0.832. The average molecular weight is 256 g/mol. The molecule has 2 unspecified atom stereocenters. The van der Waals surface area contributed by atoms with Gasteiger partial charge in [-0.2, -0.15) is 0 Å². The van der Waals surface area contributed by atoms with E-state index in [-0.39, 0.29) is 11.8 Å². The van der Waals surface area contributed by atoms with Gasteiger partial charge in [-0.25, -0.2) is 0 Å². The Morgan fingerprint density at radius 2 is 1.89 bits per heavy atom. The van der Waals surface area contributed by atoms with Gasteiger partial charge in [-0.05, 0) is 26.3 Å². The van der Waals surface area contributed by atoms with Gasteiger partial charge < -0.3 is 15.2 Å². The van der Waals surface area contributed by atoms with Gasteiger partial charge in [0.25, 0.3) is 0 Å². The molecule has 4 heteroatoms. The molecule has 1 aliphatic carbocycles. The van der Waals surface area contributed by atoms with E-state index in [1.54, 1.807) is 0 Å². The maximum absolute atomic E-state index is 6.33. The third kappa shape index (κ3) is 2.72. The summed E-state index contributed by atoms with van der Waals surface area (Å²) in [6, 6.07) is 1.23. The van der Waals surface area contributed by atoms with Crippen LogP contribution < -0.4 is 5.73 Å². The second-order valence-electron chi connectivity index (χ2n) is 5.72. The highest BCUT2D eigenvalue weighted by Crippen LogP contribution is 2.37. The van der Waals surface area contributed by atoms with E-state index in [0.717, 1.165) is 32.5 Å². The van der Waals surface area contributed by atoms with Crippen molar-refractivity contribution in [3.8, 4) is 0 Å². The molecular formula is C14H28N2O2. The minimum Gasteiger partial charge on any atom is -0.347 e. The normalized spacial score (nSPS) is 31.7. The third-order valence-corrected chi connectivity index (χ3v) is 4.73. The van der Waals surface area contributed by atoms with Crippen molar-refractivity contribution < 1.29 is 9.47 Å². The molecule has 18 heavy (non-hydrogen) atoms. The van der Waals surface area contributed by atoms with Crippen LogP contribution in [0.4, 0.5) is 0 Å². The second-order valence-corrected chi connectivity index (χ2v) is 5.72. The minimum absolute atomic E-state index is 0.244. The molecule has 1 saturated carbocycles. The van der Waals surface area contributed by atoms with Crippen LogP contribution in [-0.2, 0) is 9.47 Å². The number of likely N-dealkylation sites (N-methyl/N-ethyl adjacent to an activating group) is 1. The molecule has 2 aliphatic rings. The van der Waals surface area contributed by atoms with E-state index in [9.17, 15) is 0 Å². The Labute approximate surface area is 111 Å². The molecule has 2 fully saturated rings. The highest BCUT2D eigenvalue weighted by molar-refractivity contribution is 4.95. The van der Waals surface area contributed by atoms with Crippen molar-refractivity contribution in [2.75, 3.05) is 20.3 Å². The Hall–Kier alpha value is -0.160. The van der Waals surface area contributed by atoms with Crippen molar-refractivity contribution in [3.05, 3.63) is 0 Å². The summed E-state index contributed by atoms with van der Waals surface area (Å²) in [4.78, 5) is 2.45. The number of nitrogens with zero attached hydrogens (tertiary/aromatic N) is 1. The van der Waals surface area contributed by atoms with Gasteiger partial charge in [0.05, 0.1) is 13.2 Å². The van der Waals surface area contributed by atoms with Crippen LogP contribution in [0.25, 0.3) is 0 Å². The molecule has 0 radical (unpaired) electrons. The first-order chi connectivity index (χ1) is 8.62. The predicted octanol–water partition coefficient (Wildman–Crippen LogP) is 1.73. The van der Waals surface area contributed by atoms with Crippen LogP contribution in [0.1, 0.15) is 46.0 Å². The lowest BCUT2D eigenvalue weighted by molar-refractivity contribution is -0.192. The zero-order valence-corrected chi connectivity index (χ0v) is 12.0. The molecule has 4 nitrogen and oxygen atoms in total.